The number of aryl methyl sites for hydroxylation is 1. The van der Waals surface area contributed by atoms with Crippen LogP contribution in [0.4, 0.5) is 5.82 Å². The quantitative estimate of drug-likeness (QED) is 0.471. The summed E-state index contributed by atoms with van der Waals surface area (Å²) >= 11 is 0. The molecule has 1 aliphatic heterocycles. The first-order valence-electron chi connectivity index (χ1n) is 11.8. The summed E-state index contributed by atoms with van der Waals surface area (Å²) in [6.07, 6.45) is 8.62. The molecule has 0 spiro atoms. The van der Waals surface area contributed by atoms with E-state index in [0.717, 1.165) is 55.1 Å². The molecule has 0 radical (unpaired) electrons. The third-order valence-electron chi connectivity index (χ3n) is 6.48. The smallest absolute Gasteiger partial charge is 0.151 e. The number of aromatic nitrogens is 3. The van der Waals surface area contributed by atoms with E-state index in [2.05, 4.69) is 103 Å². The van der Waals surface area contributed by atoms with Crippen molar-refractivity contribution in [2.24, 2.45) is 0 Å². The maximum atomic E-state index is 4.93. The highest BCUT2D eigenvalue weighted by Gasteiger charge is 2.20. The molecule has 5 nitrogen and oxygen atoms in total. The molecule has 0 unspecified atom stereocenters. The van der Waals surface area contributed by atoms with Crippen molar-refractivity contribution >= 4 is 30.9 Å². The van der Waals surface area contributed by atoms with Gasteiger partial charge in [-0.2, -0.15) is 9.61 Å². The maximum Gasteiger partial charge on any atom is 0.151 e. The van der Waals surface area contributed by atoms with E-state index >= 15 is 0 Å². The fourth-order valence-electron chi connectivity index (χ4n) is 4.54. The Labute approximate surface area is 196 Å². The number of benzene rings is 2. The van der Waals surface area contributed by atoms with E-state index in [1.807, 2.05) is 10.7 Å². The summed E-state index contributed by atoms with van der Waals surface area (Å²) in [5.74, 6) is 1.02. The van der Waals surface area contributed by atoms with Gasteiger partial charge in [0.2, 0.25) is 0 Å². The number of likely N-dealkylation sites (tertiary alicyclic amines) is 1. The molecular formula is C27H30BN5. The molecular weight excluding hydrogens is 405 g/mol. The molecule has 5 rings (SSSR count). The highest BCUT2D eigenvalue weighted by molar-refractivity contribution is 6.36. The average Bonchev–Trinajstić information content (AvgIpc) is 3.22. The molecule has 2 aromatic heterocycles. The van der Waals surface area contributed by atoms with Crippen molar-refractivity contribution in [2.75, 3.05) is 25.0 Å². The SMILES string of the molecule is Bc1cnn2c(NC3CCN(C/C=C/c4ccccc4)CC3)cc(-c3ccccc3C)nc12. The maximum absolute atomic E-state index is 4.93. The van der Waals surface area contributed by atoms with Gasteiger partial charge in [0.25, 0.3) is 0 Å². The molecule has 1 fully saturated rings. The van der Waals surface area contributed by atoms with Crippen molar-refractivity contribution < 1.29 is 0 Å². The lowest BCUT2D eigenvalue weighted by Gasteiger charge is -2.32. The van der Waals surface area contributed by atoms with Crippen LogP contribution in [0.5, 0.6) is 0 Å². The van der Waals surface area contributed by atoms with Crippen LogP contribution in [0.25, 0.3) is 23.0 Å². The van der Waals surface area contributed by atoms with E-state index in [-0.39, 0.29) is 0 Å². The number of fused-ring (bicyclic) bond motifs is 1. The van der Waals surface area contributed by atoms with E-state index in [9.17, 15) is 0 Å². The van der Waals surface area contributed by atoms with Crippen LogP contribution < -0.4 is 10.8 Å². The number of rotatable bonds is 6. The fraction of sp³-hybridized carbons (Fsp3) is 0.259. The van der Waals surface area contributed by atoms with Gasteiger partial charge in [-0.25, -0.2) is 4.98 Å². The van der Waals surface area contributed by atoms with Gasteiger partial charge in [-0.15, -0.1) is 0 Å². The second kappa shape index (κ2) is 9.63. The van der Waals surface area contributed by atoms with E-state index in [4.69, 9.17) is 4.98 Å². The second-order valence-corrected chi connectivity index (χ2v) is 8.94. The molecule has 4 aromatic rings. The number of hydrogen-bond acceptors (Lipinski definition) is 4. The topological polar surface area (TPSA) is 45.5 Å². The van der Waals surface area contributed by atoms with Crippen molar-refractivity contribution in [2.45, 2.75) is 25.8 Å². The Hall–Kier alpha value is -3.38. The first kappa shape index (κ1) is 21.5. The summed E-state index contributed by atoms with van der Waals surface area (Å²) in [4.78, 5) is 7.46. The van der Waals surface area contributed by atoms with Gasteiger partial charge in [0.05, 0.1) is 5.69 Å². The van der Waals surface area contributed by atoms with Crippen LogP contribution in [0, 0.1) is 6.92 Å². The highest BCUT2D eigenvalue weighted by atomic mass is 15.3. The summed E-state index contributed by atoms with van der Waals surface area (Å²) in [5.41, 5.74) is 6.66. The lowest BCUT2D eigenvalue weighted by molar-refractivity contribution is 0.240. The highest BCUT2D eigenvalue weighted by Crippen LogP contribution is 2.26. The molecule has 0 aliphatic carbocycles. The number of piperidine rings is 1. The minimum Gasteiger partial charge on any atom is -0.367 e. The third kappa shape index (κ3) is 4.86. The van der Waals surface area contributed by atoms with Crippen molar-refractivity contribution in [3.63, 3.8) is 0 Å². The Kier molecular flexibility index (Phi) is 6.27. The molecule has 1 aliphatic rings. The summed E-state index contributed by atoms with van der Waals surface area (Å²) < 4.78 is 1.95. The van der Waals surface area contributed by atoms with Crippen LogP contribution in [0.15, 0.2) is 72.9 Å². The van der Waals surface area contributed by atoms with Crippen LogP contribution in [0.2, 0.25) is 0 Å². The van der Waals surface area contributed by atoms with E-state index in [1.54, 1.807) is 0 Å². The second-order valence-electron chi connectivity index (χ2n) is 8.94. The van der Waals surface area contributed by atoms with Crippen LogP contribution in [-0.2, 0) is 0 Å². The van der Waals surface area contributed by atoms with Gasteiger partial charge in [0.15, 0.2) is 5.65 Å². The van der Waals surface area contributed by atoms with Gasteiger partial charge in [-0.05, 0) is 36.4 Å². The molecule has 166 valence electrons. The fourth-order valence-corrected chi connectivity index (χ4v) is 4.54. The molecule has 1 saturated heterocycles. The van der Waals surface area contributed by atoms with E-state index in [0.29, 0.717) is 6.04 Å². The van der Waals surface area contributed by atoms with E-state index in [1.165, 1.54) is 16.7 Å². The lowest BCUT2D eigenvalue weighted by atomic mass is 10.00. The standard InChI is InChI=1S/C27H30BN5/c1-20-8-5-6-12-23(20)25-18-26(33-27(31-25)24(28)19-29-33)30-22-13-16-32(17-14-22)15-7-11-21-9-3-2-4-10-21/h2-12,18-19,22,30H,13-17,28H2,1H3/b11-7+. The van der Waals surface area contributed by atoms with Gasteiger partial charge >= 0.3 is 0 Å². The first-order chi connectivity index (χ1) is 16.2. The predicted octanol–water partition coefficient (Wildman–Crippen LogP) is 3.55. The third-order valence-corrected chi connectivity index (χ3v) is 6.48. The zero-order valence-corrected chi connectivity index (χ0v) is 19.4. The van der Waals surface area contributed by atoms with Gasteiger partial charge in [-0.3, -0.25) is 4.90 Å². The first-order valence-corrected chi connectivity index (χ1v) is 11.8. The monoisotopic (exact) mass is 435 g/mol. The van der Waals surface area contributed by atoms with Gasteiger partial charge in [-0.1, -0.05) is 66.7 Å². The molecule has 1 N–H and O–H groups in total. The molecule has 0 bridgehead atoms. The van der Waals surface area contributed by atoms with Crippen LogP contribution in [0.3, 0.4) is 0 Å². The summed E-state index contributed by atoms with van der Waals surface area (Å²) in [5, 5.41) is 8.38. The van der Waals surface area contributed by atoms with Gasteiger partial charge < -0.3 is 5.32 Å². The minimum atomic E-state index is 0.430. The Balaban J connectivity index is 1.28. The Morgan fingerprint density at radius 1 is 1.06 bits per heavy atom. The summed E-state index contributed by atoms with van der Waals surface area (Å²) in [6.45, 7) is 5.32. The minimum absolute atomic E-state index is 0.430. The number of hydrogen-bond donors (Lipinski definition) is 1. The molecule has 2 aromatic carbocycles. The summed E-state index contributed by atoms with van der Waals surface area (Å²) in [7, 11) is 2.07. The molecule has 6 heteroatoms. The Morgan fingerprint density at radius 2 is 1.82 bits per heavy atom. The molecule has 33 heavy (non-hydrogen) atoms. The van der Waals surface area contributed by atoms with Gasteiger partial charge in [0, 0.05) is 43.5 Å². The average molecular weight is 435 g/mol. The Bertz CT molecular complexity index is 1260. The molecule has 0 amide bonds. The molecule has 3 heterocycles. The normalized spacial score (nSPS) is 15.4. The molecule has 0 saturated carbocycles. The number of nitrogens with one attached hydrogen (secondary N) is 1. The zero-order chi connectivity index (χ0) is 22.6. The number of anilines is 1. The number of nitrogens with zero attached hydrogens (tertiary/aromatic N) is 4. The van der Waals surface area contributed by atoms with Gasteiger partial charge in [0.1, 0.15) is 13.7 Å². The van der Waals surface area contributed by atoms with Crippen molar-refractivity contribution in [3.05, 3.63) is 84.1 Å². The van der Waals surface area contributed by atoms with Crippen LogP contribution in [0.1, 0.15) is 24.0 Å². The van der Waals surface area contributed by atoms with Crippen LogP contribution in [-0.4, -0.2) is 53.0 Å². The van der Waals surface area contributed by atoms with Crippen molar-refractivity contribution in [1.82, 2.24) is 19.5 Å². The van der Waals surface area contributed by atoms with E-state index < -0.39 is 0 Å². The van der Waals surface area contributed by atoms with Crippen molar-refractivity contribution in [1.29, 1.82) is 0 Å². The van der Waals surface area contributed by atoms with Crippen LogP contribution >= 0.6 is 0 Å². The zero-order valence-electron chi connectivity index (χ0n) is 19.4. The predicted molar refractivity (Wildman–Crippen MR) is 140 cm³/mol. The summed E-state index contributed by atoms with van der Waals surface area (Å²) in [6, 6.07) is 21.5. The largest absolute Gasteiger partial charge is 0.367 e. The van der Waals surface area contributed by atoms with Crippen molar-refractivity contribution in [3.8, 4) is 11.3 Å². The lowest BCUT2D eigenvalue weighted by Crippen LogP contribution is -2.39. The molecule has 0 atom stereocenters. The Morgan fingerprint density at radius 3 is 2.61 bits per heavy atom.